The first-order chi connectivity index (χ1) is 8.56. The molecule has 0 aliphatic carbocycles. The van der Waals surface area contributed by atoms with Crippen LogP contribution in [0.25, 0.3) is 0 Å². The van der Waals surface area contributed by atoms with Crippen molar-refractivity contribution in [3.05, 3.63) is 63.4 Å². The molecule has 94 valence electrons. The normalized spacial score (nSPS) is 12.4. The molecule has 3 heteroatoms. The van der Waals surface area contributed by atoms with Gasteiger partial charge in [-0.2, -0.15) is 0 Å². The van der Waals surface area contributed by atoms with Crippen LogP contribution in [-0.2, 0) is 6.42 Å². The molecule has 0 bridgehead atoms. The summed E-state index contributed by atoms with van der Waals surface area (Å²) in [5, 5.41) is -0.0340. The Morgan fingerprint density at radius 3 is 2.61 bits per heavy atom. The molecule has 0 spiro atoms. The monoisotopic (exact) mass is 323 g/mol. The van der Waals surface area contributed by atoms with Gasteiger partial charge in [0.05, 0.1) is 5.38 Å². The lowest BCUT2D eigenvalue weighted by Crippen LogP contribution is -2.00. The van der Waals surface area contributed by atoms with Crippen LogP contribution in [0.2, 0.25) is 0 Å². The minimum absolute atomic E-state index is 0.0340. The maximum atomic E-state index is 6.48. The lowest BCUT2D eigenvalue weighted by Gasteiger charge is -2.13. The van der Waals surface area contributed by atoms with Crippen LogP contribution in [0, 0.1) is 13.8 Å². The topological polar surface area (TPSA) is 12.9 Å². The van der Waals surface area contributed by atoms with E-state index in [2.05, 4.69) is 46.0 Å². The fraction of sp³-hybridized carbons (Fsp3) is 0.267. The summed E-state index contributed by atoms with van der Waals surface area (Å²) in [5.41, 5.74) is 4.58. The number of hydrogen-bond donors (Lipinski definition) is 0. The van der Waals surface area contributed by atoms with Crippen LogP contribution >= 0.6 is 27.5 Å². The quantitative estimate of drug-likeness (QED) is 0.725. The summed E-state index contributed by atoms with van der Waals surface area (Å²) in [6, 6.07) is 10.3. The first kappa shape index (κ1) is 13.6. The van der Waals surface area contributed by atoms with E-state index in [0.717, 1.165) is 16.6 Å². The lowest BCUT2D eigenvalue weighted by molar-refractivity contribution is 0.871. The molecule has 1 aromatic heterocycles. The SMILES string of the molecule is Cc1ccc(CC(Cl)c2ccc(Br)cc2C)nc1. The molecule has 0 aliphatic heterocycles. The number of alkyl halides is 1. The zero-order valence-electron chi connectivity index (χ0n) is 10.5. The second-order valence-electron chi connectivity index (χ2n) is 4.50. The first-order valence-electron chi connectivity index (χ1n) is 5.88. The number of pyridine rings is 1. The molecule has 1 unspecified atom stereocenters. The summed E-state index contributed by atoms with van der Waals surface area (Å²) < 4.78 is 1.08. The van der Waals surface area contributed by atoms with Gasteiger partial charge in [0.25, 0.3) is 0 Å². The molecule has 1 nitrogen and oxygen atoms in total. The van der Waals surface area contributed by atoms with E-state index in [1.807, 2.05) is 25.3 Å². The Bertz CT molecular complexity index is 537. The molecule has 1 aromatic carbocycles. The Balaban J connectivity index is 2.16. The second-order valence-corrected chi connectivity index (χ2v) is 5.94. The molecule has 0 radical (unpaired) electrons. The average Bonchev–Trinajstić information content (AvgIpc) is 2.32. The van der Waals surface area contributed by atoms with Crippen LogP contribution < -0.4 is 0 Å². The van der Waals surface area contributed by atoms with Crippen molar-refractivity contribution in [2.45, 2.75) is 25.6 Å². The van der Waals surface area contributed by atoms with Gasteiger partial charge in [0, 0.05) is 22.8 Å². The molecule has 1 heterocycles. The number of aromatic nitrogens is 1. The molecule has 0 saturated carbocycles. The molecule has 18 heavy (non-hydrogen) atoms. The molecular weight excluding hydrogens is 310 g/mol. The number of benzene rings is 1. The summed E-state index contributed by atoms with van der Waals surface area (Å²) in [6.07, 6.45) is 2.64. The average molecular weight is 325 g/mol. The molecule has 2 rings (SSSR count). The van der Waals surface area contributed by atoms with Crippen molar-refractivity contribution in [2.75, 3.05) is 0 Å². The summed E-state index contributed by atoms with van der Waals surface area (Å²) in [4.78, 5) is 4.40. The van der Waals surface area contributed by atoms with Crippen molar-refractivity contribution < 1.29 is 0 Å². The largest absolute Gasteiger partial charge is 0.261 e. The fourth-order valence-corrected chi connectivity index (χ4v) is 2.78. The number of halogens is 2. The molecule has 1 atom stereocenters. The van der Waals surface area contributed by atoms with E-state index in [4.69, 9.17) is 11.6 Å². The van der Waals surface area contributed by atoms with Gasteiger partial charge in [-0.05, 0) is 48.7 Å². The molecule has 0 fully saturated rings. The van der Waals surface area contributed by atoms with Crippen molar-refractivity contribution in [1.82, 2.24) is 4.98 Å². The van der Waals surface area contributed by atoms with Crippen LogP contribution in [0.15, 0.2) is 41.0 Å². The van der Waals surface area contributed by atoms with Crippen molar-refractivity contribution in [2.24, 2.45) is 0 Å². The third-order valence-electron chi connectivity index (χ3n) is 2.93. The maximum absolute atomic E-state index is 6.48. The van der Waals surface area contributed by atoms with Crippen LogP contribution in [0.5, 0.6) is 0 Å². The van der Waals surface area contributed by atoms with E-state index >= 15 is 0 Å². The maximum Gasteiger partial charge on any atom is 0.0643 e. The Labute approximate surface area is 121 Å². The van der Waals surface area contributed by atoms with E-state index in [0.29, 0.717) is 0 Å². The van der Waals surface area contributed by atoms with Crippen LogP contribution in [0.4, 0.5) is 0 Å². The Kier molecular flexibility index (Phi) is 4.41. The van der Waals surface area contributed by atoms with Crippen molar-refractivity contribution in [3.63, 3.8) is 0 Å². The highest BCUT2D eigenvalue weighted by Crippen LogP contribution is 2.28. The predicted octanol–water partition coefficient (Wildman–Crippen LogP) is 4.98. The summed E-state index contributed by atoms with van der Waals surface area (Å²) in [6.45, 7) is 4.12. The van der Waals surface area contributed by atoms with Gasteiger partial charge in [-0.1, -0.05) is 28.1 Å². The van der Waals surface area contributed by atoms with Crippen molar-refractivity contribution in [3.8, 4) is 0 Å². The molecule has 0 amide bonds. The van der Waals surface area contributed by atoms with Gasteiger partial charge < -0.3 is 0 Å². The van der Waals surface area contributed by atoms with Gasteiger partial charge in [-0.15, -0.1) is 11.6 Å². The molecule has 0 N–H and O–H groups in total. The van der Waals surface area contributed by atoms with Gasteiger partial charge in [-0.25, -0.2) is 0 Å². The number of nitrogens with zero attached hydrogens (tertiary/aromatic N) is 1. The number of aryl methyl sites for hydroxylation is 2. The zero-order chi connectivity index (χ0) is 13.1. The molecular formula is C15H15BrClN. The summed E-state index contributed by atoms with van der Waals surface area (Å²) in [5.74, 6) is 0. The Hall–Kier alpha value is -0.860. The van der Waals surface area contributed by atoms with E-state index in [1.165, 1.54) is 16.7 Å². The highest BCUT2D eigenvalue weighted by Gasteiger charge is 2.12. The third-order valence-corrected chi connectivity index (χ3v) is 3.81. The minimum atomic E-state index is -0.0340. The molecule has 0 aliphatic rings. The van der Waals surface area contributed by atoms with Gasteiger partial charge in [0.15, 0.2) is 0 Å². The van der Waals surface area contributed by atoms with Crippen LogP contribution in [-0.4, -0.2) is 4.98 Å². The Morgan fingerprint density at radius 1 is 1.22 bits per heavy atom. The number of hydrogen-bond acceptors (Lipinski definition) is 1. The van der Waals surface area contributed by atoms with Gasteiger partial charge >= 0.3 is 0 Å². The van der Waals surface area contributed by atoms with Gasteiger partial charge in [0.2, 0.25) is 0 Å². The van der Waals surface area contributed by atoms with Gasteiger partial charge in [-0.3, -0.25) is 4.98 Å². The fourth-order valence-electron chi connectivity index (χ4n) is 1.90. The number of rotatable bonds is 3. The third kappa shape index (κ3) is 3.33. The highest BCUT2D eigenvalue weighted by molar-refractivity contribution is 9.10. The van der Waals surface area contributed by atoms with E-state index in [9.17, 15) is 0 Å². The van der Waals surface area contributed by atoms with E-state index in [-0.39, 0.29) is 5.38 Å². The molecule has 2 aromatic rings. The van der Waals surface area contributed by atoms with Crippen molar-refractivity contribution in [1.29, 1.82) is 0 Å². The smallest absolute Gasteiger partial charge is 0.0643 e. The van der Waals surface area contributed by atoms with Crippen LogP contribution in [0.3, 0.4) is 0 Å². The Morgan fingerprint density at radius 2 is 2.00 bits per heavy atom. The van der Waals surface area contributed by atoms with E-state index in [1.54, 1.807) is 0 Å². The second kappa shape index (κ2) is 5.85. The lowest BCUT2D eigenvalue weighted by atomic mass is 10.0. The van der Waals surface area contributed by atoms with Gasteiger partial charge in [0.1, 0.15) is 0 Å². The highest BCUT2D eigenvalue weighted by atomic mass is 79.9. The zero-order valence-corrected chi connectivity index (χ0v) is 12.8. The van der Waals surface area contributed by atoms with E-state index < -0.39 is 0 Å². The minimum Gasteiger partial charge on any atom is -0.261 e. The molecule has 0 saturated heterocycles. The van der Waals surface area contributed by atoms with Crippen molar-refractivity contribution >= 4 is 27.5 Å². The first-order valence-corrected chi connectivity index (χ1v) is 7.11. The summed E-state index contributed by atoms with van der Waals surface area (Å²) >= 11 is 9.95. The van der Waals surface area contributed by atoms with Crippen LogP contribution in [0.1, 0.15) is 27.8 Å². The predicted molar refractivity (Wildman–Crippen MR) is 80.2 cm³/mol. The summed E-state index contributed by atoms with van der Waals surface area (Å²) in [7, 11) is 0. The standard InChI is InChI=1S/C15H15BrClN/c1-10-3-5-13(18-9-10)8-15(17)14-6-4-12(16)7-11(14)2/h3-7,9,15H,8H2,1-2H3.